The topological polar surface area (TPSA) is 111 Å². The normalized spacial score (nSPS) is 16.1. The Labute approximate surface area is 321 Å². The zero-order chi connectivity index (χ0) is 37.6. The van der Waals surface area contributed by atoms with Gasteiger partial charge in [-0.25, -0.2) is 0 Å². The molecule has 0 spiro atoms. The standard InChI is InChI=1S/C45H57N9/c1-28-40-22-46-16-34-10-7-12-37(52-34)19-49-25-43-31(4)44-26-50-20-38-13-8-11-35(53-38)17-47-23-41(28)30(3)42(29(40)2)24-48-18-36-14-9-15-39(54-36)21-51-27-45(32(43)5)33(44)6/h7-15,46-51H,16-27H2,1-6H3. The summed E-state index contributed by atoms with van der Waals surface area (Å²) in [6, 6.07) is 19.2. The fourth-order valence-electron chi connectivity index (χ4n) is 8.44. The number of nitrogens with one attached hydrogen (secondary N) is 6. The Bertz CT molecular complexity index is 1710. The van der Waals surface area contributed by atoms with Crippen LogP contribution >= 0.6 is 0 Å². The molecule has 0 saturated heterocycles. The smallest absolute Gasteiger partial charge is 0.0545 e. The van der Waals surface area contributed by atoms with Crippen molar-refractivity contribution in [2.45, 2.75) is 120 Å². The first-order valence-electron chi connectivity index (χ1n) is 19.6. The van der Waals surface area contributed by atoms with E-state index in [9.17, 15) is 0 Å². The van der Waals surface area contributed by atoms with Gasteiger partial charge in [0.1, 0.15) is 0 Å². The van der Waals surface area contributed by atoms with Crippen LogP contribution in [0.15, 0.2) is 54.6 Å². The van der Waals surface area contributed by atoms with Crippen molar-refractivity contribution in [2.75, 3.05) is 0 Å². The van der Waals surface area contributed by atoms with Crippen molar-refractivity contribution in [3.63, 3.8) is 0 Å². The molecule has 3 aromatic heterocycles. The van der Waals surface area contributed by atoms with Crippen LogP contribution in [-0.2, 0) is 78.5 Å². The number of nitrogens with zero attached hydrogens (tertiary/aromatic N) is 3. The van der Waals surface area contributed by atoms with Crippen LogP contribution in [0.3, 0.4) is 0 Å². The lowest BCUT2D eigenvalue weighted by atomic mass is 9.87. The molecule has 3 aliphatic heterocycles. The number of fused-ring (bicyclic) bond motifs is 12. The fraction of sp³-hybridized carbons (Fsp3) is 0.400. The second kappa shape index (κ2) is 17.4. The van der Waals surface area contributed by atoms with Gasteiger partial charge in [0, 0.05) is 78.5 Å². The summed E-state index contributed by atoms with van der Waals surface area (Å²) in [6.45, 7) is 22.5. The van der Waals surface area contributed by atoms with Crippen molar-refractivity contribution in [1.82, 2.24) is 46.9 Å². The molecular weight excluding hydrogens is 667 g/mol. The van der Waals surface area contributed by atoms with Gasteiger partial charge in [-0.3, -0.25) is 15.0 Å². The summed E-state index contributed by atoms with van der Waals surface area (Å²) in [7, 11) is 0. The first-order chi connectivity index (χ1) is 26.3. The Balaban J connectivity index is 1.32. The van der Waals surface area contributed by atoms with Crippen LogP contribution in [-0.4, -0.2) is 15.0 Å². The third-order valence-corrected chi connectivity index (χ3v) is 11.7. The lowest BCUT2D eigenvalue weighted by Gasteiger charge is -2.24. The van der Waals surface area contributed by atoms with E-state index in [1.165, 1.54) is 66.8 Å². The lowest BCUT2D eigenvalue weighted by Crippen LogP contribution is -2.24. The predicted molar refractivity (Wildman–Crippen MR) is 217 cm³/mol. The van der Waals surface area contributed by atoms with Gasteiger partial charge in [-0.15, -0.1) is 0 Å². The van der Waals surface area contributed by atoms with Crippen molar-refractivity contribution in [2.24, 2.45) is 0 Å². The molecule has 0 amide bonds. The summed E-state index contributed by atoms with van der Waals surface area (Å²) in [5, 5.41) is 22.6. The van der Waals surface area contributed by atoms with Crippen LogP contribution in [0.1, 0.15) is 101 Å². The van der Waals surface area contributed by atoms with Gasteiger partial charge >= 0.3 is 0 Å². The highest BCUT2D eigenvalue weighted by molar-refractivity contribution is 5.52. The van der Waals surface area contributed by atoms with Gasteiger partial charge in [0.15, 0.2) is 0 Å². The molecule has 9 heteroatoms. The third-order valence-electron chi connectivity index (χ3n) is 11.7. The van der Waals surface area contributed by atoms with Crippen molar-refractivity contribution in [3.8, 4) is 0 Å². The zero-order valence-electron chi connectivity index (χ0n) is 33.0. The molecule has 0 atom stereocenters. The summed E-state index contributed by atoms with van der Waals surface area (Å²) in [4.78, 5) is 15.2. The molecule has 6 N–H and O–H groups in total. The number of pyridine rings is 3. The minimum atomic E-state index is 0.703. The van der Waals surface area contributed by atoms with E-state index in [2.05, 4.69) is 128 Å². The number of benzene rings is 2. The molecule has 0 fully saturated rings. The van der Waals surface area contributed by atoms with Crippen molar-refractivity contribution < 1.29 is 0 Å². The molecule has 0 unspecified atom stereocenters. The molecule has 0 aliphatic carbocycles. The van der Waals surface area contributed by atoms with Crippen molar-refractivity contribution in [3.05, 3.63) is 156 Å². The van der Waals surface area contributed by atoms with Crippen molar-refractivity contribution >= 4 is 0 Å². The summed E-state index contributed by atoms with van der Waals surface area (Å²) < 4.78 is 0. The minimum absolute atomic E-state index is 0.703. The van der Waals surface area contributed by atoms with E-state index in [0.717, 1.165) is 73.4 Å². The third kappa shape index (κ3) is 8.62. The molecule has 9 nitrogen and oxygen atoms in total. The van der Waals surface area contributed by atoms with Gasteiger partial charge in [0.05, 0.1) is 34.2 Å². The zero-order valence-corrected chi connectivity index (χ0v) is 33.0. The molecule has 8 rings (SSSR count). The Morgan fingerprint density at radius 1 is 0.278 bits per heavy atom. The van der Waals surface area contributed by atoms with Crippen LogP contribution in [0.5, 0.6) is 0 Å². The maximum absolute atomic E-state index is 5.06. The van der Waals surface area contributed by atoms with Crippen molar-refractivity contribution in [1.29, 1.82) is 0 Å². The molecule has 2 aromatic carbocycles. The van der Waals surface area contributed by atoms with Crippen LogP contribution in [0.2, 0.25) is 0 Å². The summed E-state index contributed by atoms with van der Waals surface area (Å²) in [5.41, 5.74) is 22.5. The quantitative estimate of drug-likeness (QED) is 0.113. The highest BCUT2D eigenvalue weighted by Gasteiger charge is 2.19. The number of rotatable bonds is 0. The Morgan fingerprint density at radius 3 is 0.611 bits per heavy atom. The predicted octanol–water partition coefficient (Wildman–Crippen LogP) is 6.09. The largest absolute Gasteiger partial charge is 0.307 e. The first kappa shape index (κ1) is 37.9. The van der Waals surface area contributed by atoms with Crippen LogP contribution in [0.4, 0.5) is 0 Å². The molecule has 12 bridgehead atoms. The lowest BCUT2D eigenvalue weighted by molar-refractivity contribution is 0.625. The molecule has 0 radical (unpaired) electrons. The number of hydrogen-bond acceptors (Lipinski definition) is 9. The second-order valence-corrected chi connectivity index (χ2v) is 15.1. The number of aromatic nitrogens is 3. The molecule has 282 valence electrons. The maximum atomic E-state index is 5.06. The molecule has 3 aliphatic rings. The highest BCUT2D eigenvalue weighted by atomic mass is 14.9. The second-order valence-electron chi connectivity index (χ2n) is 15.1. The van der Waals surface area contributed by atoms with E-state index in [-0.39, 0.29) is 0 Å². The summed E-state index contributed by atoms with van der Waals surface area (Å²) in [6.07, 6.45) is 0. The Kier molecular flexibility index (Phi) is 12.2. The van der Waals surface area contributed by atoms with Gasteiger partial charge in [-0.2, -0.15) is 0 Å². The van der Waals surface area contributed by atoms with Gasteiger partial charge in [0.2, 0.25) is 0 Å². The van der Waals surface area contributed by atoms with Gasteiger partial charge in [-0.05, 0) is 145 Å². The van der Waals surface area contributed by atoms with E-state index in [4.69, 9.17) is 15.0 Å². The highest BCUT2D eigenvalue weighted by Crippen LogP contribution is 2.29. The van der Waals surface area contributed by atoms with Gasteiger partial charge < -0.3 is 31.9 Å². The Hall–Kier alpha value is -4.35. The minimum Gasteiger partial charge on any atom is -0.307 e. The first-order valence-corrected chi connectivity index (χ1v) is 19.6. The van der Waals surface area contributed by atoms with Crippen LogP contribution in [0.25, 0.3) is 0 Å². The fourth-order valence-corrected chi connectivity index (χ4v) is 8.44. The maximum Gasteiger partial charge on any atom is 0.0545 e. The molecule has 0 saturated carbocycles. The van der Waals surface area contributed by atoms with Gasteiger partial charge in [0.25, 0.3) is 0 Å². The summed E-state index contributed by atoms with van der Waals surface area (Å²) >= 11 is 0. The summed E-state index contributed by atoms with van der Waals surface area (Å²) in [5.74, 6) is 0. The van der Waals surface area contributed by atoms with E-state index < -0.39 is 0 Å². The number of hydrogen-bond donors (Lipinski definition) is 6. The van der Waals surface area contributed by atoms with E-state index >= 15 is 0 Å². The molecule has 54 heavy (non-hydrogen) atoms. The van der Waals surface area contributed by atoms with Gasteiger partial charge in [-0.1, -0.05) is 18.2 Å². The SMILES string of the molecule is Cc1c2c(C)c3c(C)c1CNCc1cccc(n1)CNCc1c(C)c(c(C)c(c1C)CNCc1cccc(n1)CNC3)CNCc1cccc(n1)CNC2. The molecule has 6 heterocycles. The molecular formula is C45H57N9. The Morgan fingerprint density at radius 2 is 0.444 bits per heavy atom. The molecule has 5 aromatic rings. The average molecular weight is 724 g/mol. The monoisotopic (exact) mass is 723 g/mol. The van der Waals surface area contributed by atoms with E-state index in [1.807, 2.05) is 0 Å². The van der Waals surface area contributed by atoms with Crippen LogP contribution in [0, 0.1) is 41.5 Å². The van der Waals surface area contributed by atoms with E-state index in [0.29, 0.717) is 39.3 Å². The van der Waals surface area contributed by atoms with Crippen LogP contribution < -0.4 is 31.9 Å². The average Bonchev–Trinajstić information content (AvgIpc) is 3.16. The van der Waals surface area contributed by atoms with E-state index in [1.54, 1.807) is 0 Å².